The lowest BCUT2D eigenvalue weighted by Gasteiger charge is -2.45. The van der Waals surface area contributed by atoms with Crippen LogP contribution in [0, 0.1) is 5.92 Å². The molecule has 0 radical (unpaired) electrons. The fourth-order valence-corrected chi connectivity index (χ4v) is 3.04. The Labute approximate surface area is 88.1 Å². The maximum absolute atomic E-state index is 3.68. The van der Waals surface area contributed by atoms with E-state index < -0.39 is 0 Å². The van der Waals surface area contributed by atoms with Gasteiger partial charge in [-0.15, -0.1) is 0 Å². The minimum atomic E-state index is 0.802. The lowest BCUT2D eigenvalue weighted by molar-refractivity contribution is 0.0776. The molecule has 14 heavy (non-hydrogen) atoms. The van der Waals surface area contributed by atoms with Gasteiger partial charge in [0.1, 0.15) is 0 Å². The zero-order chi connectivity index (χ0) is 9.97. The van der Waals surface area contributed by atoms with Gasteiger partial charge in [-0.2, -0.15) is 0 Å². The van der Waals surface area contributed by atoms with Crippen molar-refractivity contribution in [3.8, 4) is 0 Å². The second kappa shape index (κ2) is 4.63. The molecule has 2 atom stereocenters. The van der Waals surface area contributed by atoms with Crippen LogP contribution in [-0.2, 0) is 0 Å². The Morgan fingerprint density at radius 1 is 1.29 bits per heavy atom. The molecule has 0 spiro atoms. The van der Waals surface area contributed by atoms with Crippen LogP contribution in [0.15, 0.2) is 0 Å². The Morgan fingerprint density at radius 2 is 2.07 bits per heavy atom. The molecule has 0 aromatic heterocycles. The van der Waals surface area contributed by atoms with Crippen LogP contribution in [0.3, 0.4) is 0 Å². The highest BCUT2D eigenvalue weighted by Crippen LogP contribution is 2.25. The van der Waals surface area contributed by atoms with Gasteiger partial charge in [0, 0.05) is 31.7 Å². The molecule has 0 amide bonds. The fourth-order valence-electron chi connectivity index (χ4n) is 3.04. The topological polar surface area (TPSA) is 15.3 Å². The SMILES string of the molecule is CC(C)CN1CCN[C@H]2CCCC[C@H]21. The maximum Gasteiger partial charge on any atom is 0.0250 e. The van der Waals surface area contributed by atoms with Gasteiger partial charge in [-0.1, -0.05) is 26.7 Å². The van der Waals surface area contributed by atoms with Gasteiger partial charge in [-0.05, 0) is 18.8 Å². The number of hydrogen-bond acceptors (Lipinski definition) is 2. The molecule has 2 nitrogen and oxygen atoms in total. The first kappa shape index (κ1) is 10.4. The van der Waals surface area contributed by atoms with Crippen LogP contribution in [-0.4, -0.2) is 36.6 Å². The summed E-state index contributed by atoms with van der Waals surface area (Å²) < 4.78 is 0. The average Bonchev–Trinajstić information content (AvgIpc) is 2.18. The number of hydrogen-bond donors (Lipinski definition) is 1. The summed E-state index contributed by atoms with van der Waals surface area (Å²) in [5.74, 6) is 0.815. The summed E-state index contributed by atoms with van der Waals surface area (Å²) in [5.41, 5.74) is 0. The van der Waals surface area contributed by atoms with Crippen molar-refractivity contribution in [2.45, 2.75) is 51.6 Å². The van der Waals surface area contributed by atoms with E-state index in [0.29, 0.717) is 0 Å². The van der Waals surface area contributed by atoms with Gasteiger partial charge in [0.2, 0.25) is 0 Å². The van der Waals surface area contributed by atoms with Crippen molar-refractivity contribution in [3.05, 3.63) is 0 Å². The van der Waals surface area contributed by atoms with Gasteiger partial charge < -0.3 is 5.32 Å². The predicted octanol–water partition coefficient (Wildman–Crippen LogP) is 1.86. The van der Waals surface area contributed by atoms with Crippen LogP contribution >= 0.6 is 0 Å². The van der Waals surface area contributed by atoms with Crippen LogP contribution in [0.25, 0.3) is 0 Å². The molecule has 1 aliphatic carbocycles. The van der Waals surface area contributed by atoms with Crippen molar-refractivity contribution < 1.29 is 0 Å². The van der Waals surface area contributed by atoms with Crippen LogP contribution < -0.4 is 5.32 Å². The quantitative estimate of drug-likeness (QED) is 0.725. The number of piperazine rings is 1. The highest BCUT2D eigenvalue weighted by atomic mass is 15.2. The van der Waals surface area contributed by atoms with E-state index in [1.807, 2.05) is 0 Å². The Bertz CT molecular complexity index is 177. The Hall–Kier alpha value is -0.0800. The number of rotatable bonds is 2. The Kier molecular flexibility index (Phi) is 3.45. The molecule has 1 saturated heterocycles. The lowest BCUT2D eigenvalue weighted by Crippen LogP contribution is -2.59. The highest BCUT2D eigenvalue weighted by molar-refractivity contribution is 4.92. The van der Waals surface area contributed by atoms with E-state index in [0.717, 1.165) is 18.0 Å². The predicted molar refractivity (Wildman–Crippen MR) is 60.5 cm³/mol. The van der Waals surface area contributed by atoms with Crippen molar-refractivity contribution in [1.29, 1.82) is 0 Å². The Morgan fingerprint density at radius 3 is 2.86 bits per heavy atom. The standard InChI is InChI=1S/C12H24N2/c1-10(2)9-14-8-7-13-11-5-3-4-6-12(11)14/h10-13H,3-9H2,1-2H3/t11-,12+/m0/s1. The summed E-state index contributed by atoms with van der Waals surface area (Å²) in [5, 5.41) is 3.68. The molecule has 82 valence electrons. The third-order valence-electron chi connectivity index (χ3n) is 3.60. The fraction of sp³-hybridized carbons (Fsp3) is 1.00. The summed E-state index contributed by atoms with van der Waals surface area (Å²) in [7, 11) is 0. The van der Waals surface area contributed by atoms with Gasteiger partial charge in [-0.3, -0.25) is 4.90 Å². The highest BCUT2D eigenvalue weighted by Gasteiger charge is 2.32. The van der Waals surface area contributed by atoms with E-state index in [-0.39, 0.29) is 0 Å². The zero-order valence-corrected chi connectivity index (χ0v) is 9.63. The summed E-state index contributed by atoms with van der Waals surface area (Å²) in [4.78, 5) is 2.73. The molecular weight excluding hydrogens is 172 g/mol. The summed E-state index contributed by atoms with van der Waals surface area (Å²) in [6.07, 6.45) is 5.70. The van der Waals surface area contributed by atoms with E-state index >= 15 is 0 Å². The minimum absolute atomic E-state index is 0.802. The largest absolute Gasteiger partial charge is 0.311 e. The van der Waals surface area contributed by atoms with E-state index in [1.54, 1.807) is 0 Å². The van der Waals surface area contributed by atoms with E-state index in [9.17, 15) is 0 Å². The van der Waals surface area contributed by atoms with Crippen molar-refractivity contribution in [1.82, 2.24) is 10.2 Å². The van der Waals surface area contributed by atoms with Crippen LogP contribution in [0.1, 0.15) is 39.5 Å². The molecule has 1 heterocycles. The Balaban J connectivity index is 1.94. The van der Waals surface area contributed by atoms with Crippen molar-refractivity contribution in [2.75, 3.05) is 19.6 Å². The van der Waals surface area contributed by atoms with Gasteiger partial charge >= 0.3 is 0 Å². The smallest absolute Gasteiger partial charge is 0.0250 e. The molecule has 2 aliphatic rings. The molecule has 0 bridgehead atoms. The molecule has 0 aromatic rings. The average molecular weight is 196 g/mol. The first-order valence-corrected chi connectivity index (χ1v) is 6.25. The lowest BCUT2D eigenvalue weighted by atomic mass is 9.87. The summed E-state index contributed by atoms with van der Waals surface area (Å²) in [6.45, 7) is 8.43. The number of nitrogens with zero attached hydrogens (tertiary/aromatic N) is 1. The van der Waals surface area contributed by atoms with Crippen LogP contribution in [0.2, 0.25) is 0 Å². The maximum atomic E-state index is 3.68. The molecule has 1 saturated carbocycles. The van der Waals surface area contributed by atoms with Crippen molar-refractivity contribution >= 4 is 0 Å². The minimum Gasteiger partial charge on any atom is -0.311 e. The van der Waals surface area contributed by atoms with E-state index in [4.69, 9.17) is 0 Å². The van der Waals surface area contributed by atoms with Gasteiger partial charge in [0.15, 0.2) is 0 Å². The van der Waals surface area contributed by atoms with Gasteiger partial charge in [0.25, 0.3) is 0 Å². The molecule has 1 aliphatic heterocycles. The van der Waals surface area contributed by atoms with Crippen molar-refractivity contribution in [3.63, 3.8) is 0 Å². The molecule has 0 unspecified atom stereocenters. The third-order valence-corrected chi connectivity index (χ3v) is 3.60. The zero-order valence-electron chi connectivity index (χ0n) is 9.63. The third kappa shape index (κ3) is 2.29. The molecule has 2 heteroatoms. The van der Waals surface area contributed by atoms with E-state index in [2.05, 4.69) is 24.1 Å². The first-order valence-electron chi connectivity index (χ1n) is 6.25. The summed E-state index contributed by atoms with van der Waals surface area (Å²) in [6, 6.07) is 1.65. The number of nitrogens with one attached hydrogen (secondary N) is 1. The molecule has 0 aromatic carbocycles. The summed E-state index contributed by atoms with van der Waals surface area (Å²) >= 11 is 0. The molecule has 1 N–H and O–H groups in total. The van der Waals surface area contributed by atoms with Gasteiger partial charge in [0.05, 0.1) is 0 Å². The second-order valence-electron chi connectivity index (χ2n) is 5.30. The molecule has 2 rings (SSSR count). The normalized spacial score (nSPS) is 34.5. The van der Waals surface area contributed by atoms with Crippen LogP contribution in [0.5, 0.6) is 0 Å². The molecular formula is C12H24N2. The number of fused-ring (bicyclic) bond motifs is 1. The van der Waals surface area contributed by atoms with Crippen molar-refractivity contribution in [2.24, 2.45) is 5.92 Å². The monoisotopic (exact) mass is 196 g/mol. The molecule has 2 fully saturated rings. The second-order valence-corrected chi connectivity index (χ2v) is 5.30. The first-order chi connectivity index (χ1) is 6.77. The van der Waals surface area contributed by atoms with Gasteiger partial charge in [-0.25, -0.2) is 0 Å². The van der Waals surface area contributed by atoms with Crippen LogP contribution in [0.4, 0.5) is 0 Å². The van der Waals surface area contributed by atoms with E-state index in [1.165, 1.54) is 45.3 Å².